The molecule has 1 saturated carbocycles. The first kappa shape index (κ1) is 28.5. The molecule has 2 atom stereocenters. The van der Waals surface area contributed by atoms with Crippen LogP contribution in [0.4, 0.5) is 0 Å². The number of hydrogen-bond donors (Lipinski definition) is 3. The highest BCUT2D eigenvalue weighted by Crippen LogP contribution is 2.33. The monoisotopic (exact) mass is 571 g/mol. The van der Waals surface area contributed by atoms with Crippen molar-refractivity contribution in [2.24, 2.45) is 16.2 Å². The Morgan fingerprint density at radius 1 is 1.02 bits per heavy atom. The molecule has 210 valence electrons. The number of ether oxygens (including phenoxy) is 1. The van der Waals surface area contributed by atoms with Crippen LogP contribution in [0.5, 0.6) is 11.5 Å². The zero-order chi connectivity index (χ0) is 28.8. The van der Waals surface area contributed by atoms with E-state index in [9.17, 15) is 23.3 Å². The largest absolute Gasteiger partial charge is 0.475 e. The number of nitrogens with zero attached hydrogens (tertiary/aromatic N) is 2. The summed E-state index contributed by atoms with van der Waals surface area (Å²) >= 11 is 0. The summed E-state index contributed by atoms with van der Waals surface area (Å²) in [4.78, 5) is 17.5. The number of sulfonamides is 1. The second-order valence-electron chi connectivity index (χ2n) is 10.2. The summed E-state index contributed by atoms with van der Waals surface area (Å²) in [6.45, 7) is 0. The maximum atomic E-state index is 13.2. The molecule has 1 fully saturated rings. The van der Waals surface area contributed by atoms with E-state index < -0.39 is 34.9 Å². The molecule has 41 heavy (non-hydrogen) atoms. The number of carbonyl (C=O) groups excluding carboxylic acids is 1. The molecule has 1 unspecified atom stereocenters. The third-order valence-electron chi connectivity index (χ3n) is 6.91. The van der Waals surface area contributed by atoms with Crippen molar-refractivity contribution < 1.29 is 28.0 Å². The number of benzene rings is 3. The third kappa shape index (κ3) is 7.78. The van der Waals surface area contributed by atoms with Crippen LogP contribution in [-0.4, -0.2) is 48.6 Å². The predicted molar refractivity (Wildman–Crippen MR) is 157 cm³/mol. The number of rotatable bonds is 12. The molecule has 4 aromatic rings. The van der Waals surface area contributed by atoms with E-state index in [0.29, 0.717) is 23.8 Å². The fraction of sp³-hybridized carbons (Fsp3) is 0.233. The van der Waals surface area contributed by atoms with Crippen LogP contribution in [0.25, 0.3) is 10.9 Å². The van der Waals surface area contributed by atoms with E-state index in [4.69, 9.17) is 4.74 Å². The van der Waals surface area contributed by atoms with Crippen molar-refractivity contribution in [3.05, 3.63) is 96.7 Å². The lowest BCUT2D eigenvalue weighted by atomic mass is 9.76. The molecule has 0 bridgehead atoms. The van der Waals surface area contributed by atoms with Crippen LogP contribution in [0.15, 0.2) is 100 Å². The molecule has 0 saturated heterocycles. The Morgan fingerprint density at radius 2 is 1.73 bits per heavy atom. The highest BCUT2D eigenvalue weighted by atomic mass is 32.2. The van der Waals surface area contributed by atoms with Gasteiger partial charge in [0.15, 0.2) is 0 Å². The molecule has 1 heterocycles. The maximum absolute atomic E-state index is 13.2. The highest BCUT2D eigenvalue weighted by molar-refractivity contribution is 7.90. The van der Waals surface area contributed by atoms with Gasteiger partial charge in [0.05, 0.1) is 28.5 Å². The lowest BCUT2D eigenvalue weighted by Crippen LogP contribution is -2.49. The van der Waals surface area contributed by atoms with Crippen LogP contribution in [0.3, 0.4) is 0 Å². The lowest BCUT2D eigenvalue weighted by molar-refractivity contribution is -0.123. The minimum Gasteiger partial charge on any atom is -0.456 e. The van der Waals surface area contributed by atoms with E-state index in [1.807, 2.05) is 60.7 Å². The molecular formula is C30H30BN3O6S. The van der Waals surface area contributed by atoms with Gasteiger partial charge in [-0.1, -0.05) is 61.4 Å². The minimum atomic E-state index is -4.13. The molecule has 3 aromatic carbocycles. The molecule has 0 aliphatic heterocycles. The van der Waals surface area contributed by atoms with Gasteiger partial charge in [0, 0.05) is 11.6 Å². The second kappa shape index (κ2) is 12.6. The summed E-state index contributed by atoms with van der Waals surface area (Å²) in [5.74, 6) is -1.04. The van der Waals surface area contributed by atoms with Crippen molar-refractivity contribution >= 4 is 40.2 Å². The smallest absolute Gasteiger partial charge is 0.456 e. The SMILES string of the molecule is O=C(N[C@@H](CC1CC1)B(O)O)C(/C=N/S(=O)(=O)c1ccc(Oc2cnc3ccccc3c2)cc1)Cc1ccccc1. The Morgan fingerprint density at radius 3 is 2.44 bits per heavy atom. The fourth-order valence-electron chi connectivity index (χ4n) is 4.48. The van der Waals surface area contributed by atoms with E-state index in [1.165, 1.54) is 24.3 Å². The summed E-state index contributed by atoms with van der Waals surface area (Å²) in [6.07, 6.45) is 5.31. The van der Waals surface area contributed by atoms with Crippen LogP contribution < -0.4 is 10.1 Å². The quantitative estimate of drug-likeness (QED) is 0.173. The van der Waals surface area contributed by atoms with Crippen molar-refractivity contribution in [2.45, 2.75) is 36.5 Å². The van der Waals surface area contributed by atoms with E-state index in [0.717, 1.165) is 35.5 Å². The lowest BCUT2D eigenvalue weighted by Gasteiger charge is -2.20. The summed E-state index contributed by atoms with van der Waals surface area (Å²) in [5, 5.41) is 23.1. The van der Waals surface area contributed by atoms with Gasteiger partial charge in [0.1, 0.15) is 11.5 Å². The average Bonchev–Trinajstić information content (AvgIpc) is 3.80. The zero-order valence-electron chi connectivity index (χ0n) is 22.2. The molecule has 1 aromatic heterocycles. The number of aromatic nitrogens is 1. The Balaban J connectivity index is 1.30. The molecule has 1 aliphatic carbocycles. The molecule has 11 heteroatoms. The van der Waals surface area contributed by atoms with Crippen molar-refractivity contribution in [3.8, 4) is 11.5 Å². The number of para-hydroxylation sites is 1. The Labute approximate surface area is 239 Å². The molecule has 3 N–H and O–H groups in total. The maximum Gasteiger partial charge on any atom is 0.475 e. The molecule has 1 aliphatic rings. The molecule has 0 radical (unpaired) electrons. The molecule has 1 amide bonds. The number of nitrogens with one attached hydrogen (secondary N) is 1. The number of hydrogen-bond acceptors (Lipinski definition) is 7. The van der Waals surface area contributed by atoms with Crippen LogP contribution in [-0.2, 0) is 21.2 Å². The van der Waals surface area contributed by atoms with Gasteiger partial charge in [-0.15, -0.1) is 0 Å². The van der Waals surface area contributed by atoms with E-state index >= 15 is 0 Å². The van der Waals surface area contributed by atoms with Gasteiger partial charge in [0.25, 0.3) is 10.0 Å². The Bertz CT molecular complexity index is 1630. The van der Waals surface area contributed by atoms with Crippen LogP contribution in [0.2, 0.25) is 0 Å². The first-order chi connectivity index (χ1) is 19.8. The first-order valence-electron chi connectivity index (χ1n) is 13.4. The van der Waals surface area contributed by atoms with E-state index in [1.54, 1.807) is 6.20 Å². The number of fused-ring (bicyclic) bond motifs is 1. The highest BCUT2D eigenvalue weighted by Gasteiger charge is 2.34. The average molecular weight is 571 g/mol. The van der Waals surface area contributed by atoms with Gasteiger partial charge in [0.2, 0.25) is 5.91 Å². The van der Waals surface area contributed by atoms with Gasteiger partial charge in [-0.25, -0.2) is 0 Å². The van der Waals surface area contributed by atoms with Crippen LogP contribution in [0, 0.1) is 11.8 Å². The van der Waals surface area contributed by atoms with Gasteiger partial charge < -0.3 is 20.1 Å². The van der Waals surface area contributed by atoms with Crippen molar-refractivity contribution in [2.75, 3.05) is 0 Å². The third-order valence-corrected chi connectivity index (χ3v) is 8.18. The summed E-state index contributed by atoms with van der Waals surface area (Å²) in [6, 6.07) is 24.4. The predicted octanol–water partition coefficient (Wildman–Crippen LogP) is 3.94. The Kier molecular flexibility index (Phi) is 8.77. The van der Waals surface area contributed by atoms with E-state index in [2.05, 4.69) is 14.7 Å². The molecule has 5 rings (SSSR count). The topological polar surface area (TPSA) is 138 Å². The van der Waals surface area contributed by atoms with Gasteiger partial charge >= 0.3 is 7.12 Å². The number of amides is 1. The Hall–Kier alpha value is -4.06. The number of carbonyl (C=O) groups is 1. The van der Waals surface area contributed by atoms with Crippen molar-refractivity contribution in [1.29, 1.82) is 0 Å². The standard InChI is InChI=1S/C30H30BN3O6S/c35-30(34-29(31(36)37)17-22-10-11-22)24(16-21-6-2-1-3-7-21)19-33-41(38,39)27-14-12-25(13-15-27)40-26-18-23-8-4-5-9-28(23)32-20-26/h1-9,12-15,18-20,22,24,29,36-37H,10-11,16-17H2,(H,34,35)/b33-19+/t24?,29-/m0/s1. The zero-order valence-corrected chi connectivity index (χ0v) is 23.0. The van der Waals surface area contributed by atoms with E-state index in [-0.39, 0.29) is 11.3 Å². The minimum absolute atomic E-state index is 0.0611. The molecular weight excluding hydrogens is 541 g/mol. The molecule has 0 spiro atoms. The van der Waals surface area contributed by atoms with Crippen LogP contribution >= 0.6 is 0 Å². The summed E-state index contributed by atoms with van der Waals surface area (Å²) in [5.41, 5.74) is 1.65. The van der Waals surface area contributed by atoms with Gasteiger partial charge in [-0.05, 0) is 60.7 Å². The summed E-state index contributed by atoms with van der Waals surface area (Å²) < 4.78 is 35.8. The fourth-order valence-corrected chi connectivity index (χ4v) is 5.38. The first-order valence-corrected chi connectivity index (χ1v) is 14.8. The molecule has 9 nitrogen and oxygen atoms in total. The normalized spacial score (nSPS) is 15.0. The number of pyridine rings is 1. The van der Waals surface area contributed by atoms with Gasteiger partial charge in [-0.2, -0.15) is 12.8 Å². The van der Waals surface area contributed by atoms with Gasteiger partial charge in [-0.3, -0.25) is 9.78 Å². The van der Waals surface area contributed by atoms with Crippen molar-refractivity contribution in [1.82, 2.24) is 10.3 Å². The second-order valence-corrected chi connectivity index (χ2v) is 11.8. The summed E-state index contributed by atoms with van der Waals surface area (Å²) in [7, 11) is -5.85. The van der Waals surface area contributed by atoms with Crippen LogP contribution in [0.1, 0.15) is 24.8 Å². The van der Waals surface area contributed by atoms with Crippen molar-refractivity contribution in [3.63, 3.8) is 0 Å².